The molecule has 310 valence electrons. The van der Waals surface area contributed by atoms with Crippen LogP contribution in [0.4, 0.5) is 4.79 Å². The molecule has 5 fully saturated rings. The minimum Gasteiger partial charge on any atom is -0.497 e. The number of methoxy groups -OCH3 is 1. The second-order valence-electron chi connectivity index (χ2n) is 16.9. The molecular weight excluding hydrogens is 753 g/mol. The van der Waals surface area contributed by atoms with E-state index in [0.29, 0.717) is 62.5 Å². The van der Waals surface area contributed by atoms with Crippen LogP contribution in [0.1, 0.15) is 96.0 Å². The predicted octanol–water partition coefficient (Wildman–Crippen LogP) is 3.57. The third-order valence-electron chi connectivity index (χ3n) is 13.0. The van der Waals surface area contributed by atoms with Crippen LogP contribution in [-0.4, -0.2) is 115 Å². The highest BCUT2D eigenvalue weighted by molar-refractivity contribution is 7.91. The second kappa shape index (κ2) is 16.2. The molecule has 6 aliphatic rings. The maximum atomic E-state index is 14.9. The number of rotatable bonds is 8. The summed E-state index contributed by atoms with van der Waals surface area (Å²) in [5.74, 6) is -0.978. The topological polar surface area (TPSA) is 186 Å². The van der Waals surface area contributed by atoms with Crippen molar-refractivity contribution in [3.63, 3.8) is 0 Å². The summed E-state index contributed by atoms with van der Waals surface area (Å²) in [4.78, 5) is 65.2. The van der Waals surface area contributed by atoms with E-state index in [1.54, 1.807) is 12.0 Å². The number of carbonyl (C=O) groups is 4. The number of carbonyl (C=O) groups excluding carboxylic acids is 4. The first-order chi connectivity index (χ1) is 27.5. The van der Waals surface area contributed by atoms with Gasteiger partial charge in [0, 0.05) is 43.1 Å². The van der Waals surface area contributed by atoms with Crippen LogP contribution in [-0.2, 0) is 35.6 Å². The number of sulfonamides is 1. The maximum absolute atomic E-state index is 14.9. The van der Waals surface area contributed by atoms with Crippen molar-refractivity contribution in [2.45, 2.75) is 132 Å². The van der Waals surface area contributed by atoms with Crippen LogP contribution in [0.25, 0.3) is 10.9 Å². The Kier molecular flexibility index (Phi) is 11.3. The highest BCUT2D eigenvalue weighted by atomic mass is 32.2. The lowest BCUT2D eigenvalue weighted by atomic mass is 9.96. The highest BCUT2D eigenvalue weighted by Gasteiger charge is 2.62. The number of pyridine rings is 1. The highest BCUT2D eigenvalue weighted by Crippen LogP contribution is 2.47. The lowest BCUT2D eigenvalue weighted by Crippen LogP contribution is -2.60. The Morgan fingerprint density at radius 2 is 1.82 bits per heavy atom. The minimum atomic E-state index is -3.86. The van der Waals surface area contributed by atoms with Crippen molar-refractivity contribution < 1.29 is 41.8 Å². The van der Waals surface area contributed by atoms with E-state index in [2.05, 4.69) is 21.4 Å². The normalized spacial score (nSPS) is 30.1. The molecule has 8 rings (SSSR count). The fraction of sp³-hybridized carbons (Fsp3) is 0.683. The van der Waals surface area contributed by atoms with Gasteiger partial charge in [-0.05, 0) is 87.8 Å². The summed E-state index contributed by atoms with van der Waals surface area (Å²) < 4.78 is 46.3. The zero-order valence-corrected chi connectivity index (χ0v) is 33.8. The summed E-state index contributed by atoms with van der Waals surface area (Å²) in [6.07, 6.45) is 8.67. The first-order valence-corrected chi connectivity index (χ1v) is 22.5. The van der Waals surface area contributed by atoms with Crippen LogP contribution < -0.4 is 24.8 Å². The zero-order chi connectivity index (χ0) is 39.9. The van der Waals surface area contributed by atoms with Crippen LogP contribution in [0, 0.1) is 11.8 Å². The molecule has 1 aromatic carbocycles. The molecule has 15 nitrogen and oxygen atoms in total. The van der Waals surface area contributed by atoms with E-state index in [0.717, 1.165) is 62.3 Å². The molecule has 3 aliphatic carbocycles. The van der Waals surface area contributed by atoms with Crippen molar-refractivity contribution in [1.29, 1.82) is 0 Å². The number of nitrogens with zero attached hydrogens (tertiary/aromatic N) is 3. The van der Waals surface area contributed by atoms with Crippen LogP contribution >= 0.6 is 0 Å². The third-order valence-corrected chi connectivity index (χ3v) is 14.8. The Hall–Kier alpha value is -4.18. The SMILES string of the molecule is CC[C@H]1C[C@]1(NC(=O)[C@@H]1C[C@@H]2CN1C(=O)[C@H](C1CCCC1)NC(=O)N1CC[C@@H](C1)OCCCCCc1cc3ccc(OC)cc3nc1O2)C(=O)NS(=O)(=O)C1CC1. The molecule has 3 saturated carbocycles. The van der Waals surface area contributed by atoms with Crippen molar-refractivity contribution >= 4 is 44.7 Å². The van der Waals surface area contributed by atoms with Crippen molar-refractivity contribution in [3.8, 4) is 11.6 Å². The van der Waals surface area contributed by atoms with Gasteiger partial charge in [-0.25, -0.2) is 18.2 Å². The second-order valence-corrected chi connectivity index (χ2v) is 18.9. The molecule has 57 heavy (non-hydrogen) atoms. The van der Waals surface area contributed by atoms with E-state index in [1.165, 1.54) is 4.90 Å². The number of aromatic nitrogens is 1. The monoisotopic (exact) mass is 808 g/mol. The number of urea groups is 1. The van der Waals surface area contributed by atoms with E-state index in [-0.39, 0.29) is 49.3 Å². The first-order valence-electron chi connectivity index (χ1n) is 21.0. The van der Waals surface area contributed by atoms with Gasteiger partial charge >= 0.3 is 6.03 Å². The molecule has 0 unspecified atom stereocenters. The summed E-state index contributed by atoms with van der Waals surface area (Å²) in [5, 5.41) is 6.36. The zero-order valence-electron chi connectivity index (χ0n) is 33.0. The van der Waals surface area contributed by atoms with E-state index in [4.69, 9.17) is 19.2 Å². The quantitative estimate of drug-likeness (QED) is 0.356. The average Bonchev–Trinajstić information content (AvgIpc) is 3.97. The first kappa shape index (κ1) is 39.6. The van der Waals surface area contributed by atoms with Crippen LogP contribution in [0.5, 0.6) is 11.6 Å². The number of hydrogen-bond acceptors (Lipinski definition) is 10. The molecule has 1 aromatic heterocycles. The lowest BCUT2D eigenvalue weighted by molar-refractivity contribution is -0.142. The van der Waals surface area contributed by atoms with Gasteiger partial charge in [0.05, 0.1) is 30.5 Å². The number of nitrogens with one attached hydrogen (secondary N) is 3. The van der Waals surface area contributed by atoms with Gasteiger partial charge in [-0.3, -0.25) is 19.1 Å². The average molecular weight is 809 g/mol. The molecule has 0 radical (unpaired) electrons. The summed E-state index contributed by atoms with van der Waals surface area (Å²) in [7, 11) is -2.26. The molecule has 3 aliphatic heterocycles. The maximum Gasteiger partial charge on any atom is 0.318 e. The van der Waals surface area contributed by atoms with Gasteiger partial charge in [-0.1, -0.05) is 32.6 Å². The third kappa shape index (κ3) is 8.39. The van der Waals surface area contributed by atoms with Crippen LogP contribution in [0.15, 0.2) is 24.3 Å². The Balaban J connectivity index is 1.12. The van der Waals surface area contributed by atoms with Gasteiger partial charge in [0.1, 0.15) is 29.5 Å². The molecule has 5 amide bonds. The van der Waals surface area contributed by atoms with Gasteiger partial charge in [-0.2, -0.15) is 0 Å². The number of hydrogen-bond donors (Lipinski definition) is 3. The van der Waals surface area contributed by atoms with E-state index in [1.807, 2.05) is 25.1 Å². The Morgan fingerprint density at radius 1 is 1.02 bits per heavy atom. The fourth-order valence-corrected chi connectivity index (χ4v) is 10.7. The van der Waals surface area contributed by atoms with Crippen LogP contribution in [0.2, 0.25) is 0 Å². The lowest BCUT2D eigenvalue weighted by Gasteiger charge is -2.33. The summed E-state index contributed by atoms with van der Waals surface area (Å²) in [6.45, 7) is 3.51. The van der Waals surface area contributed by atoms with Crippen molar-refractivity contribution in [2.24, 2.45) is 11.8 Å². The van der Waals surface area contributed by atoms with E-state index < -0.39 is 50.8 Å². The summed E-state index contributed by atoms with van der Waals surface area (Å²) >= 11 is 0. The van der Waals surface area contributed by atoms with Crippen molar-refractivity contribution in [2.75, 3.05) is 33.4 Å². The molecule has 2 saturated heterocycles. The summed E-state index contributed by atoms with van der Waals surface area (Å²) in [6, 6.07) is 5.53. The van der Waals surface area contributed by atoms with Crippen molar-refractivity contribution in [3.05, 3.63) is 29.8 Å². The number of ether oxygens (including phenoxy) is 3. The Morgan fingerprint density at radius 3 is 2.56 bits per heavy atom. The predicted molar refractivity (Wildman–Crippen MR) is 210 cm³/mol. The molecule has 0 spiro atoms. The number of fused-ring (bicyclic) bond motifs is 6. The van der Waals surface area contributed by atoms with Gasteiger partial charge in [-0.15, -0.1) is 0 Å². The van der Waals surface area contributed by atoms with E-state index in [9.17, 15) is 27.6 Å². The number of amides is 5. The number of benzene rings is 1. The van der Waals surface area contributed by atoms with Crippen molar-refractivity contribution in [1.82, 2.24) is 30.1 Å². The molecule has 4 heterocycles. The molecule has 2 aromatic rings. The molecule has 16 heteroatoms. The molecule has 4 bridgehead atoms. The Bertz CT molecular complexity index is 1990. The van der Waals surface area contributed by atoms with Gasteiger partial charge in [0.2, 0.25) is 27.7 Å². The van der Waals surface area contributed by atoms with E-state index >= 15 is 0 Å². The largest absolute Gasteiger partial charge is 0.497 e. The Labute approximate surface area is 334 Å². The van der Waals surface area contributed by atoms with Gasteiger partial charge in [0.15, 0.2) is 0 Å². The summed E-state index contributed by atoms with van der Waals surface area (Å²) in [5.41, 5.74) is 0.185. The van der Waals surface area contributed by atoms with Crippen LogP contribution in [0.3, 0.4) is 0 Å². The fourth-order valence-electron chi connectivity index (χ4n) is 9.38. The minimum absolute atomic E-state index is 0.0549. The molecule has 6 atom stereocenters. The number of aryl methyl sites for hydroxylation is 1. The smallest absolute Gasteiger partial charge is 0.318 e. The molecular formula is C41H56N6O9S. The molecule has 3 N–H and O–H groups in total. The van der Waals surface area contributed by atoms with Gasteiger partial charge < -0.3 is 34.6 Å². The van der Waals surface area contributed by atoms with Gasteiger partial charge in [0.25, 0.3) is 5.91 Å². The standard InChI is InChI=1S/C41H56N6O9S/c1-3-28-22-41(28,39(50)45-57(52,53)32-14-15-32)44-36(48)34-21-31-24-47(34)38(49)35(25-9-6-7-10-25)43-40(51)46-17-16-30(23-46)55-18-8-4-5-11-27-19-26-12-13-29(54-2)20-33(26)42-37(27)56-31/h12-13,19-20,25,28,30-32,34-35H,3-11,14-18,21-24H2,1-2H3,(H,43,51)(H,44,48)(H,45,50)/t28-,30-,31+,34-,35-,41+/m0/s1.